The highest BCUT2D eigenvalue weighted by Gasteiger charge is 2.20. The maximum atomic E-state index is 12.0. The topological polar surface area (TPSA) is 95.5 Å². The number of nitrogens with one attached hydrogen (secondary N) is 3. The van der Waals surface area contributed by atoms with Crippen LogP contribution in [0.15, 0.2) is 11.2 Å². The van der Waals surface area contributed by atoms with Gasteiger partial charge >= 0.3 is 0 Å². The molecule has 0 amide bonds. The van der Waals surface area contributed by atoms with Gasteiger partial charge in [0.1, 0.15) is 0 Å². The smallest absolute Gasteiger partial charge is 0.213 e. The summed E-state index contributed by atoms with van der Waals surface area (Å²) in [7, 11) is -1.55. The van der Waals surface area contributed by atoms with E-state index in [1.165, 1.54) is 11.3 Å². The predicted octanol–water partition coefficient (Wildman–Crippen LogP) is 1.75. The van der Waals surface area contributed by atoms with Crippen LogP contribution in [0.5, 0.6) is 0 Å². The quantitative estimate of drug-likeness (QED) is 0.251. The summed E-state index contributed by atoms with van der Waals surface area (Å²) in [5.74, 6) is 1.19. The Kier molecular flexibility index (Phi) is 11.0. The van der Waals surface area contributed by atoms with Gasteiger partial charge in [0, 0.05) is 44.2 Å². The molecule has 0 aromatic carbocycles. The molecule has 10 heteroatoms. The number of aryl methyl sites for hydroxylation is 1. The minimum absolute atomic E-state index is 0. The summed E-state index contributed by atoms with van der Waals surface area (Å²) in [6, 6.07) is 0. The van der Waals surface area contributed by atoms with E-state index in [1.807, 2.05) is 6.20 Å². The lowest BCUT2D eigenvalue weighted by atomic mass is 9.86. The molecule has 1 aromatic rings. The molecule has 0 radical (unpaired) electrons. The van der Waals surface area contributed by atoms with Gasteiger partial charge in [-0.3, -0.25) is 4.99 Å². The van der Waals surface area contributed by atoms with E-state index in [4.69, 9.17) is 0 Å². The molecule has 2 rings (SSSR count). The van der Waals surface area contributed by atoms with Crippen molar-refractivity contribution in [3.05, 3.63) is 16.1 Å². The summed E-state index contributed by atoms with van der Waals surface area (Å²) < 4.78 is 26.6. The van der Waals surface area contributed by atoms with Crippen molar-refractivity contribution in [3.8, 4) is 0 Å². The average molecular weight is 515 g/mol. The van der Waals surface area contributed by atoms with E-state index in [-0.39, 0.29) is 29.7 Å². The van der Waals surface area contributed by atoms with Gasteiger partial charge in [0.2, 0.25) is 10.0 Å². The fourth-order valence-corrected chi connectivity index (χ4v) is 4.32. The summed E-state index contributed by atoms with van der Waals surface area (Å²) in [6.07, 6.45) is 7.25. The molecular formula is C16H30IN5O2S2. The molecule has 0 saturated heterocycles. The van der Waals surface area contributed by atoms with Crippen molar-refractivity contribution in [1.82, 2.24) is 20.3 Å². The standard InChI is InChI=1S/C16H29N5O2S2.HI/c1-3-14-12-20-15(24-14)7-8-18-16(17-2)19-9-10-25(22,23)21-11-13-5-4-6-13;/h12-13,21H,3-11H2,1-2H3,(H2,17,18,19);1H. The van der Waals surface area contributed by atoms with Gasteiger partial charge in [-0.2, -0.15) is 0 Å². The fraction of sp³-hybridized carbons (Fsp3) is 0.750. The second kappa shape index (κ2) is 12.1. The van der Waals surface area contributed by atoms with Crippen LogP contribution in [0.3, 0.4) is 0 Å². The summed E-state index contributed by atoms with van der Waals surface area (Å²) in [5, 5.41) is 7.34. The predicted molar refractivity (Wildman–Crippen MR) is 119 cm³/mol. The minimum Gasteiger partial charge on any atom is -0.356 e. The first-order valence-corrected chi connectivity index (χ1v) is 11.3. The number of halogens is 1. The maximum Gasteiger partial charge on any atom is 0.213 e. The molecule has 1 aromatic heterocycles. The zero-order valence-electron chi connectivity index (χ0n) is 15.5. The molecule has 26 heavy (non-hydrogen) atoms. The number of guanidine groups is 1. The third-order valence-corrected chi connectivity index (χ3v) is 6.83. The second-order valence-electron chi connectivity index (χ2n) is 6.21. The number of sulfonamides is 1. The van der Waals surface area contributed by atoms with Crippen LogP contribution in [0.4, 0.5) is 0 Å². The lowest BCUT2D eigenvalue weighted by molar-refractivity contribution is 0.316. The molecule has 1 fully saturated rings. The molecule has 150 valence electrons. The highest BCUT2D eigenvalue weighted by molar-refractivity contribution is 14.0. The second-order valence-corrected chi connectivity index (χ2v) is 9.34. The van der Waals surface area contributed by atoms with Crippen LogP contribution in [0.25, 0.3) is 0 Å². The molecule has 3 N–H and O–H groups in total. The van der Waals surface area contributed by atoms with Crippen LogP contribution in [-0.4, -0.2) is 51.8 Å². The highest BCUT2D eigenvalue weighted by atomic mass is 127. The number of aromatic nitrogens is 1. The Morgan fingerprint density at radius 1 is 1.35 bits per heavy atom. The van der Waals surface area contributed by atoms with E-state index in [1.54, 1.807) is 18.4 Å². The van der Waals surface area contributed by atoms with Gasteiger partial charge < -0.3 is 10.6 Å². The normalized spacial score (nSPS) is 15.2. The van der Waals surface area contributed by atoms with Crippen LogP contribution in [0.2, 0.25) is 0 Å². The Labute approximate surface area is 177 Å². The lowest BCUT2D eigenvalue weighted by Crippen LogP contribution is -2.42. The fourth-order valence-electron chi connectivity index (χ4n) is 2.45. The first kappa shape index (κ1) is 23.6. The molecule has 1 aliphatic rings. The zero-order valence-corrected chi connectivity index (χ0v) is 19.4. The van der Waals surface area contributed by atoms with Crippen molar-refractivity contribution in [2.24, 2.45) is 10.9 Å². The number of rotatable bonds is 10. The monoisotopic (exact) mass is 515 g/mol. The lowest BCUT2D eigenvalue weighted by Gasteiger charge is -2.25. The van der Waals surface area contributed by atoms with Crippen LogP contribution in [-0.2, 0) is 22.9 Å². The third-order valence-electron chi connectivity index (χ3n) is 4.28. The summed E-state index contributed by atoms with van der Waals surface area (Å²) in [4.78, 5) is 9.79. The summed E-state index contributed by atoms with van der Waals surface area (Å²) >= 11 is 1.73. The van der Waals surface area contributed by atoms with Gasteiger partial charge in [-0.25, -0.2) is 18.1 Å². The van der Waals surface area contributed by atoms with Crippen molar-refractivity contribution in [2.45, 2.75) is 39.0 Å². The van der Waals surface area contributed by atoms with Gasteiger partial charge in [0.05, 0.1) is 10.8 Å². The Morgan fingerprint density at radius 3 is 2.65 bits per heavy atom. The number of thiazole rings is 1. The molecule has 0 aliphatic heterocycles. The average Bonchev–Trinajstić information content (AvgIpc) is 2.99. The largest absolute Gasteiger partial charge is 0.356 e. The van der Waals surface area contributed by atoms with E-state index in [2.05, 4.69) is 32.3 Å². The van der Waals surface area contributed by atoms with Crippen LogP contribution in [0.1, 0.15) is 36.1 Å². The Hall–Kier alpha value is -0.460. The Balaban J connectivity index is 0.00000338. The molecular weight excluding hydrogens is 485 g/mol. The zero-order chi connectivity index (χ0) is 18.1. The Bertz CT molecular complexity index is 659. The van der Waals surface area contributed by atoms with E-state index in [0.29, 0.717) is 31.5 Å². The molecule has 1 heterocycles. The van der Waals surface area contributed by atoms with Crippen molar-refractivity contribution in [3.63, 3.8) is 0 Å². The van der Waals surface area contributed by atoms with Crippen LogP contribution in [0, 0.1) is 5.92 Å². The molecule has 0 atom stereocenters. The van der Waals surface area contributed by atoms with Gasteiger partial charge in [-0.05, 0) is 25.2 Å². The minimum atomic E-state index is -3.22. The first-order valence-electron chi connectivity index (χ1n) is 8.88. The van der Waals surface area contributed by atoms with E-state index in [9.17, 15) is 8.42 Å². The van der Waals surface area contributed by atoms with Crippen LogP contribution >= 0.6 is 35.3 Å². The summed E-state index contributed by atoms with van der Waals surface area (Å²) in [5.41, 5.74) is 0. The molecule has 0 unspecified atom stereocenters. The maximum absolute atomic E-state index is 12.0. The van der Waals surface area contributed by atoms with Gasteiger partial charge in [0.25, 0.3) is 0 Å². The number of nitrogens with zero attached hydrogens (tertiary/aromatic N) is 2. The molecule has 1 aliphatic carbocycles. The highest BCUT2D eigenvalue weighted by Crippen LogP contribution is 2.25. The van der Waals surface area contributed by atoms with Crippen molar-refractivity contribution >= 4 is 51.3 Å². The van der Waals surface area contributed by atoms with E-state index in [0.717, 1.165) is 30.7 Å². The SMILES string of the molecule is CCc1cnc(CCNC(=NC)NCCS(=O)(=O)NCC2CCC2)s1.I. The van der Waals surface area contributed by atoms with Gasteiger partial charge in [0.15, 0.2) is 5.96 Å². The van der Waals surface area contributed by atoms with E-state index < -0.39 is 10.0 Å². The van der Waals surface area contributed by atoms with Crippen molar-refractivity contribution < 1.29 is 8.42 Å². The van der Waals surface area contributed by atoms with Gasteiger partial charge in [-0.1, -0.05) is 13.3 Å². The molecule has 1 saturated carbocycles. The number of hydrogen-bond donors (Lipinski definition) is 3. The van der Waals surface area contributed by atoms with Crippen molar-refractivity contribution in [1.29, 1.82) is 0 Å². The van der Waals surface area contributed by atoms with Gasteiger partial charge in [-0.15, -0.1) is 35.3 Å². The summed E-state index contributed by atoms with van der Waals surface area (Å²) in [6.45, 7) is 3.74. The number of hydrogen-bond acceptors (Lipinski definition) is 5. The van der Waals surface area contributed by atoms with Crippen molar-refractivity contribution in [2.75, 3.05) is 32.4 Å². The van der Waals surface area contributed by atoms with E-state index >= 15 is 0 Å². The third kappa shape index (κ3) is 8.49. The van der Waals surface area contributed by atoms with Crippen LogP contribution < -0.4 is 15.4 Å². The Morgan fingerprint density at radius 2 is 2.08 bits per heavy atom. The molecule has 0 bridgehead atoms. The number of aliphatic imine (C=N–C) groups is 1. The first-order chi connectivity index (χ1) is 12.0. The molecule has 7 nitrogen and oxygen atoms in total. The molecule has 0 spiro atoms.